The van der Waals surface area contributed by atoms with Gasteiger partial charge in [-0.1, -0.05) is 25.2 Å². The predicted octanol–water partition coefficient (Wildman–Crippen LogP) is 3.06. The molecule has 0 heterocycles. The minimum absolute atomic E-state index is 0.570. The summed E-state index contributed by atoms with van der Waals surface area (Å²) in [7, 11) is 0. The molecule has 0 amide bonds. The molecule has 0 bridgehead atoms. The average molecular weight is 168 g/mol. The summed E-state index contributed by atoms with van der Waals surface area (Å²) in [6, 6.07) is 0. The lowest BCUT2D eigenvalue weighted by Gasteiger charge is -2.20. The fourth-order valence-corrected chi connectivity index (χ4v) is 1.09. The van der Waals surface area contributed by atoms with Crippen molar-refractivity contribution in [3.63, 3.8) is 0 Å². The molecule has 1 nitrogen and oxygen atoms in total. The first-order chi connectivity index (χ1) is 5.62. The summed E-state index contributed by atoms with van der Waals surface area (Å²) in [6.07, 6.45) is 9.53. The van der Waals surface area contributed by atoms with Crippen molar-refractivity contribution in [3.8, 4) is 0 Å². The largest absolute Gasteiger partial charge is 0.390 e. The van der Waals surface area contributed by atoms with Gasteiger partial charge in [-0.15, -0.1) is 6.58 Å². The molecule has 0 saturated heterocycles. The van der Waals surface area contributed by atoms with Crippen LogP contribution in [0.5, 0.6) is 0 Å². The molecule has 12 heavy (non-hydrogen) atoms. The van der Waals surface area contributed by atoms with Gasteiger partial charge in [0.2, 0.25) is 0 Å². The van der Waals surface area contributed by atoms with E-state index in [2.05, 4.69) is 25.7 Å². The second-order valence-corrected chi connectivity index (χ2v) is 3.41. The number of rotatable bonds is 6. The van der Waals surface area contributed by atoms with E-state index >= 15 is 0 Å². The summed E-state index contributed by atoms with van der Waals surface area (Å²) in [5.74, 6) is 0. The van der Waals surface area contributed by atoms with E-state index in [0.717, 1.165) is 19.3 Å². The molecule has 0 fully saturated rings. The van der Waals surface area contributed by atoms with Gasteiger partial charge in [0.25, 0.3) is 0 Å². The highest BCUT2D eigenvalue weighted by molar-refractivity contribution is 4.87. The molecular weight excluding hydrogens is 148 g/mol. The Balaban J connectivity index is 3.59. The van der Waals surface area contributed by atoms with Crippen molar-refractivity contribution in [3.05, 3.63) is 24.8 Å². The molecule has 0 saturated carbocycles. The first kappa shape index (κ1) is 11.4. The summed E-state index contributed by atoms with van der Waals surface area (Å²) in [4.78, 5) is 0. The Kier molecular flexibility index (Phi) is 5.73. The molecule has 0 rings (SSSR count). The van der Waals surface area contributed by atoms with Gasteiger partial charge in [-0.25, -0.2) is 0 Å². The Labute approximate surface area is 75.8 Å². The molecule has 0 radical (unpaired) electrons. The third-order valence-corrected chi connectivity index (χ3v) is 1.84. The Morgan fingerprint density at radius 3 is 2.58 bits per heavy atom. The molecule has 1 heteroatoms. The third kappa shape index (κ3) is 6.17. The van der Waals surface area contributed by atoms with Gasteiger partial charge < -0.3 is 5.11 Å². The van der Waals surface area contributed by atoms with Crippen molar-refractivity contribution in [2.45, 2.75) is 45.1 Å². The highest BCUT2D eigenvalue weighted by Gasteiger charge is 2.16. The molecule has 1 atom stereocenters. The van der Waals surface area contributed by atoms with Gasteiger partial charge in [0, 0.05) is 0 Å². The molecule has 0 aromatic rings. The van der Waals surface area contributed by atoms with Crippen LogP contribution in [0.15, 0.2) is 24.8 Å². The van der Waals surface area contributed by atoms with Crippen LogP contribution in [0.3, 0.4) is 0 Å². The summed E-state index contributed by atoms with van der Waals surface area (Å²) in [5.41, 5.74) is -0.570. The molecule has 1 N–H and O–H groups in total. The summed E-state index contributed by atoms with van der Waals surface area (Å²) >= 11 is 0. The van der Waals surface area contributed by atoms with Crippen molar-refractivity contribution in [1.82, 2.24) is 0 Å². The van der Waals surface area contributed by atoms with Crippen LogP contribution in [0.1, 0.15) is 39.5 Å². The number of hydrogen-bond donors (Lipinski definition) is 1. The SMILES string of the molecule is C=CCC(C)(O)CC/C=C/CC. The van der Waals surface area contributed by atoms with Crippen LogP contribution in [-0.2, 0) is 0 Å². The summed E-state index contributed by atoms with van der Waals surface area (Å²) in [6.45, 7) is 7.58. The molecule has 1 unspecified atom stereocenters. The highest BCUT2D eigenvalue weighted by Crippen LogP contribution is 2.16. The first-order valence-electron chi connectivity index (χ1n) is 4.60. The van der Waals surface area contributed by atoms with E-state index in [1.807, 2.05) is 6.92 Å². The normalized spacial score (nSPS) is 16.2. The Bertz CT molecular complexity index is 145. The van der Waals surface area contributed by atoms with Crippen molar-refractivity contribution in [1.29, 1.82) is 0 Å². The smallest absolute Gasteiger partial charge is 0.0656 e. The Morgan fingerprint density at radius 2 is 2.08 bits per heavy atom. The zero-order valence-electron chi connectivity index (χ0n) is 8.21. The molecule has 70 valence electrons. The van der Waals surface area contributed by atoms with Crippen molar-refractivity contribution >= 4 is 0 Å². The Hall–Kier alpha value is -0.560. The quantitative estimate of drug-likeness (QED) is 0.604. The van der Waals surface area contributed by atoms with Gasteiger partial charge in [0.1, 0.15) is 0 Å². The minimum atomic E-state index is -0.570. The van der Waals surface area contributed by atoms with Gasteiger partial charge in [-0.3, -0.25) is 0 Å². The van der Waals surface area contributed by atoms with E-state index < -0.39 is 5.60 Å². The maximum atomic E-state index is 9.71. The van der Waals surface area contributed by atoms with Gasteiger partial charge in [0.05, 0.1) is 5.60 Å². The van der Waals surface area contributed by atoms with E-state index in [9.17, 15) is 5.11 Å². The molecule has 0 aliphatic heterocycles. The predicted molar refractivity (Wildman–Crippen MR) is 54.1 cm³/mol. The van der Waals surface area contributed by atoms with Gasteiger partial charge in [0.15, 0.2) is 0 Å². The van der Waals surface area contributed by atoms with Gasteiger partial charge >= 0.3 is 0 Å². The van der Waals surface area contributed by atoms with Crippen LogP contribution in [0, 0.1) is 0 Å². The standard InChI is InChI=1S/C11H20O/c1-4-6-7-8-10-11(3,12)9-5-2/h5-7,12H,2,4,8-10H2,1,3H3/b7-6+. The lowest BCUT2D eigenvalue weighted by atomic mass is 9.96. The highest BCUT2D eigenvalue weighted by atomic mass is 16.3. The van der Waals surface area contributed by atoms with Crippen molar-refractivity contribution in [2.75, 3.05) is 0 Å². The van der Waals surface area contributed by atoms with Crippen LogP contribution in [0.25, 0.3) is 0 Å². The molecular formula is C11H20O. The van der Waals surface area contributed by atoms with E-state index in [0.29, 0.717) is 6.42 Å². The fourth-order valence-electron chi connectivity index (χ4n) is 1.09. The minimum Gasteiger partial charge on any atom is -0.390 e. The van der Waals surface area contributed by atoms with Crippen LogP contribution in [0.4, 0.5) is 0 Å². The topological polar surface area (TPSA) is 20.2 Å². The molecule has 0 aliphatic carbocycles. The number of allylic oxidation sites excluding steroid dienone is 2. The summed E-state index contributed by atoms with van der Waals surface area (Å²) < 4.78 is 0. The zero-order chi connectivity index (χ0) is 9.45. The average Bonchev–Trinajstić information content (AvgIpc) is 1.98. The molecule has 0 aromatic carbocycles. The van der Waals surface area contributed by atoms with Crippen LogP contribution >= 0.6 is 0 Å². The van der Waals surface area contributed by atoms with E-state index in [-0.39, 0.29) is 0 Å². The maximum Gasteiger partial charge on any atom is 0.0656 e. The Morgan fingerprint density at radius 1 is 1.42 bits per heavy atom. The lowest BCUT2D eigenvalue weighted by molar-refractivity contribution is 0.0551. The van der Waals surface area contributed by atoms with Crippen molar-refractivity contribution < 1.29 is 5.11 Å². The van der Waals surface area contributed by atoms with E-state index in [1.54, 1.807) is 6.08 Å². The van der Waals surface area contributed by atoms with E-state index in [1.165, 1.54) is 0 Å². The zero-order valence-corrected chi connectivity index (χ0v) is 8.21. The first-order valence-corrected chi connectivity index (χ1v) is 4.60. The second kappa shape index (κ2) is 6.01. The third-order valence-electron chi connectivity index (χ3n) is 1.84. The second-order valence-electron chi connectivity index (χ2n) is 3.41. The summed E-state index contributed by atoms with van der Waals surface area (Å²) in [5, 5.41) is 9.71. The number of aliphatic hydroxyl groups is 1. The van der Waals surface area contributed by atoms with E-state index in [4.69, 9.17) is 0 Å². The van der Waals surface area contributed by atoms with Crippen LogP contribution < -0.4 is 0 Å². The van der Waals surface area contributed by atoms with Gasteiger partial charge in [-0.2, -0.15) is 0 Å². The molecule has 0 spiro atoms. The fraction of sp³-hybridized carbons (Fsp3) is 0.636. The van der Waals surface area contributed by atoms with Crippen LogP contribution in [0.2, 0.25) is 0 Å². The van der Waals surface area contributed by atoms with Crippen LogP contribution in [-0.4, -0.2) is 10.7 Å². The van der Waals surface area contributed by atoms with Gasteiger partial charge in [-0.05, 0) is 32.6 Å². The maximum absolute atomic E-state index is 9.71. The monoisotopic (exact) mass is 168 g/mol. The molecule has 0 aliphatic rings. The lowest BCUT2D eigenvalue weighted by Crippen LogP contribution is -2.22. The van der Waals surface area contributed by atoms with Crippen molar-refractivity contribution in [2.24, 2.45) is 0 Å². The number of hydrogen-bond acceptors (Lipinski definition) is 1. The molecule has 0 aromatic heterocycles.